The average Bonchev–Trinajstić information content (AvgIpc) is 3.18. The first-order valence-electron chi connectivity index (χ1n) is 6.36. The Morgan fingerprint density at radius 1 is 1.60 bits per heavy atom. The van der Waals surface area contributed by atoms with Crippen LogP contribution in [0.25, 0.3) is 0 Å². The molecule has 1 aromatic rings. The molecule has 108 valence electrons. The van der Waals surface area contributed by atoms with Crippen molar-refractivity contribution in [3.8, 4) is 5.75 Å². The van der Waals surface area contributed by atoms with Gasteiger partial charge in [0.15, 0.2) is 0 Å². The molecule has 0 spiro atoms. The van der Waals surface area contributed by atoms with Crippen LogP contribution in [0.4, 0.5) is 0 Å². The molecule has 1 aromatic heterocycles. The Morgan fingerprint density at radius 3 is 2.85 bits per heavy atom. The molecule has 2 rings (SSSR count). The Morgan fingerprint density at radius 2 is 2.30 bits per heavy atom. The summed E-state index contributed by atoms with van der Waals surface area (Å²) >= 11 is 0. The van der Waals surface area contributed by atoms with Crippen LogP contribution in [0.5, 0.6) is 5.75 Å². The molecule has 1 fully saturated rings. The van der Waals surface area contributed by atoms with Gasteiger partial charge in [0.05, 0.1) is 19.3 Å². The monoisotopic (exact) mass is 279 g/mol. The normalized spacial score (nSPS) is 20.4. The van der Waals surface area contributed by atoms with E-state index in [9.17, 15) is 14.9 Å². The van der Waals surface area contributed by atoms with Crippen molar-refractivity contribution in [1.29, 1.82) is 0 Å². The van der Waals surface area contributed by atoms with Gasteiger partial charge in [0, 0.05) is 28.7 Å². The maximum Gasteiger partial charge on any atom is 0.230 e. The van der Waals surface area contributed by atoms with Gasteiger partial charge in [-0.3, -0.25) is 19.9 Å². The highest BCUT2D eigenvalue weighted by Gasteiger charge is 2.53. The Balaban J connectivity index is 1.98. The van der Waals surface area contributed by atoms with E-state index in [1.807, 2.05) is 13.8 Å². The topological polar surface area (TPSA) is 94.4 Å². The fraction of sp³-hybridized carbons (Fsp3) is 0.538. The summed E-state index contributed by atoms with van der Waals surface area (Å²) in [6, 6.07) is -0.725. The number of ether oxygens (including phenoxy) is 1. The van der Waals surface area contributed by atoms with Crippen LogP contribution in [0.3, 0.4) is 0 Å². The van der Waals surface area contributed by atoms with Crippen LogP contribution in [-0.4, -0.2) is 29.0 Å². The molecule has 1 N–H and O–H groups in total. The number of carbonyl (C=O) groups excluding carboxylic acids is 1. The number of hydrogen-bond donors (Lipinski definition) is 1. The SMILES string of the molecule is COc1c(C)cnc(CNC(=O)[C@H]2C[C@@H]2[N+](=O)[O-])c1C. The number of hydrogen-bond acceptors (Lipinski definition) is 5. The third-order valence-electron chi connectivity index (χ3n) is 3.54. The summed E-state index contributed by atoms with van der Waals surface area (Å²) in [4.78, 5) is 26.1. The van der Waals surface area contributed by atoms with Crippen LogP contribution in [0.2, 0.25) is 0 Å². The number of aryl methyl sites for hydroxylation is 1. The summed E-state index contributed by atoms with van der Waals surface area (Å²) in [5.41, 5.74) is 2.50. The molecule has 1 saturated carbocycles. The van der Waals surface area contributed by atoms with Crippen LogP contribution < -0.4 is 10.1 Å². The second-order valence-corrected chi connectivity index (χ2v) is 4.96. The molecule has 1 amide bonds. The maximum absolute atomic E-state index is 11.8. The molecule has 1 heterocycles. The largest absolute Gasteiger partial charge is 0.496 e. The van der Waals surface area contributed by atoms with E-state index in [0.717, 1.165) is 16.9 Å². The number of nitro groups is 1. The Labute approximate surface area is 116 Å². The lowest BCUT2D eigenvalue weighted by Gasteiger charge is -2.12. The molecule has 20 heavy (non-hydrogen) atoms. The third kappa shape index (κ3) is 2.71. The van der Waals surface area contributed by atoms with Gasteiger partial charge in [-0.05, 0) is 13.8 Å². The van der Waals surface area contributed by atoms with Gasteiger partial charge in [0.2, 0.25) is 11.9 Å². The van der Waals surface area contributed by atoms with E-state index in [0.29, 0.717) is 12.1 Å². The van der Waals surface area contributed by atoms with Gasteiger partial charge in [0.1, 0.15) is 11.7 Å². The highest BCUT2D eigenvalue weighted by Crippen LogP contribution is 2.33. The number of rotatable bonds is 5. The van der Waals surface area contributed by atoms with Crippen LogP contribution in [0, 0.1) is 29.9 Å². The quantitative estimate of drug-likeness (QED) is 0.640. The number of pyridine rings is 1. The highest BCUT2D eigenvalue weighted by molar-refractivity contribution is 5.81. The van der Waals surface area contributed by atoms with Crippen LogP contribution in [0.1, 0.15) is 23.2 Å². The van der Waals surface area contributed by atoms with Crippen molar-refractivity contribution in [2.45, 2.75) is 32.9 Å². The summed E-state index contributed by atoms with van der Waals surface area (Å²) in [6.07, 6.45) is 2.01. The summed E-state index contributed by atoms with van der Waals surface area (Å²) in [5.74, 6) is -0.0380. The van der Waals surface area contributed by atoms with E-state index in [2.05, 4.69) is 10.3 Å². The van der Waals surface area contributed by atoms with Gasteiger partial charge in [-0.1, -0.05) is 0 Å². The lowest BCUT2D eigenvalue weighted by molar-refractivity contribution is -0.497. The molecule has 0 radical (unpaired) electrons. The Kier molecular flexibility index (Phi) is 3.87. The van der Waals surface area contributed by atoms with Crippen LogP contribution in [-0.2, 0) is 11.3 Å². The predicted octanol–water partition coefficient (Wildman–Crippen LogP) is 0.988. The lowest BCUT2D eigenvalue weighted by Crippen LogP contribution is -2.27. The Bertz CT molecular complexity index is 559. The van der Waals surface area contributed by atoms with Gasteiger partial charge in [0.25, 0.3) is 0 Å². The maximum atomic E-state index is 11.8. The molecule has 0 saturated heterocycles. The van der Waals surface area contributed by atoms with Gasteiger partial charge >= 0.3 is 0 Å². The first-order chi connectivity index (χ1) is 9.45. The molecule has 1 aliphatic carbocycles. The van der Waals surface area contributed by atoms with E-state index in [-0.39, 0.29) is 12.5 Å². The zero-order valence-electron chi connectivity index (χ0n) is 11.7. The van der Waals surface area contributed by atoms with Gasteiger partial charge in [-0.15, -0.1) is 0 Å². The predicted molar refractivity (Wildman–Crippen MR) is 71.0 cm³/mol. The summed E-state index contributed by atoms with van der Waals surface area (Å²) in [7, 11) is 1.59. The van der Waals surface area contributed by atoms with Crippen LogP contribution in [0.15, 0.2) is 6.20 Å². The second kappa shape index (κ2) is 5.44. The van der Waals surface area contributed by atoms with E-state index in [1.165, 1.54) is 0 Å². The molecular formula is C13H17N3O4. The molecule has 0 bridgehead atoms. The first kappa shape index (κ1) is 14.2. The van der Waals surface area contributed by atoms with E-state index < -0.39 is 16.9 Å². The van der Waals surface area contributed by atoms with Crippen molar-refractivity contribution in [2.75, 3.05) is 7.11 Å². The van der Waals surface area contributed by atoms with Gasteiger partial charge < -0.3 is 10.1 Å². The molecule has 0 aliphatic heterocycles. The third-order valence-corrected chi connectivity index (χ3v) is 3.54. The zero-order chi connectivity index (χ0) is 14.9. The minimum absolute atomic E-state index is 0.252. The number of carbonyl (C=O) groups is 1. The fourth-order valence-electron chi connectivity index (χ4n) is 2.25. The summed E-state index contributed by atoms with van der Waals surface area (Å²) in [5, 5.41) is 13.2. The molecule has 0 unspecified atom stereocenters. The Hall–Kier alpha value is -2.18. The summed E-state index contributed by atoms with van der Waals surface area (Å²) in [6.45, 7) is 4.02. The molecule has 0 aromatic carbocycles. The standard InChI is InChI=1S/C13H17N3O4/c1-7-5-14-10(8(2)12(7)20-3)6-15-13(17)9-4-11(9)16(18)19/h5,9,11H,4,6H2,1-3H3,(H,15,17)/t9-,11-/m0/s1. The lowest BCUT2D eigenvalue weighted by atomic mass is 10.1. The molecule has 7 nitrogen and oxygen atoms in total. The van der Waals surface area contributed by atoms with Gasteiger partial charge in [-0.2, -0.15) is 0 Å². The van der Waals surface area contributed by atoms with Crippen LogP contribution >= 0.6 is 0 Å². The number of nitrogens with zero attached hydrogens (tertiary/aromatic N) is 2. The highest BCUT2D eigenvalue weighted by atomic mass is 16.6. The second-order valence-electron chi connectivity index (χ2n) is 4.96. The van der Waals surface area contributed by atoms with Crippen molar-refractivity contribution in [1.82, 2.24) is 10.3 Å². The van der Waals surface area contributed by atoms with Crippen molar-refractivity contribution in [3.63, 3.8) is 0 Å². The molecule has 7 heteroatoms. The first-order valence-corrected chi connectivity index (χ1v) is 6.36. The van der Waals surface area contributed by atoms with Crippen molar-refractivity contribution >= 4 is 5.91 Å². The van der Waals surface area contributed by atoms with Crippen molar-refractivity contribution in [3.05, 3.63) is 33.1 Å². The van der Waals surface area contributed by atoms with E-state index >= 15 is 0 Å². The van der Waals surface area contributed by atoms with E-state index in [1.54, 1.807) is 13.3 Å². The van der Waals surface area contributed by atoms with Crippen molar-refractivity contribution in [2.24, 2.45) is 5.92 Å². The van der Waals surface area contributed by atoms with Crippen molar-refractivity contribution < 1.29 is 14.5 Å². The molecule has 2 atom stereocenters. The molecular weight excluding hydrogens is 262 g/mol. The number of amides is 1. The number of nitrogens with one attached hydrogen (secondary N) is 1. The summed E-state index contributed by atoms with van der Waals surface area (Å²) < 4.78 is 5.29. The minimum atomic E-state index is -0.725. The molecule has 1 aliphatic rings. The van der Waals surface area contributed by atoms with Gasteiger partial charge in [-0.25, -0.2) is 0 Å². The van der Waals surface area contributed by atoms with E-state index in [4.69, 9.17) is 4.74 Å². The zero-order valence-corrected chi connectivity index (χ0v) is 11.7. The fourth-order valence-corrected chi connectivity index (χ4v) is 2.25. The average molecular weight is 279 g/mol. The number of methoxy groups -OCH3 is 1. The minimum Gasteiger partial charge on any atom is -0.496 e. The number of aromatic nitrogens is 1. The smallest absolute Gasteiger partial charge is 0.230 e.